The number of benzene rings is 2. The van der Waals surface area contributed by atoms with Gasteiger partial charge in [0.2, 0.25) is 15.9 Å². The van der Waals surface area contributed by atoms with Gasteiger partial charge in [-0.1, -0.05) is 60.7 Å². The number of rotatable bonds is 8. The van der Waals surface area contributed by atoms with Gasteiger partial charge in [0, 0.05) is 38.0 Å². The maximum atomic E-state index is 12.8. The average Bonchev–Trinajstić information content (AvgIpc) is 2.79. The molecule has 1 fully saturated rings. The summed E-state index contributed by atoms with van der Waals surface area (Å²) in [5.74, 6) is 0.0243. The quantitative estimate of drug-likeness (QED) is 0.645. The Morgan fingerprint density at radius 3 is 2.27 bits per heavy atom. The lowest BCUT2D eigenvalue weighted by atomic mass is 9.96. The number of piperidine rings is 1. The first-order valence-electron chi connectivity index (χ1n) is 10.5. The lowest BCUT2D eigenvalue weighted by molar-refractivity contribution is -0.135. The maximum Gasteiger partial charge on any atom is 0.236 e. The molecule has 30 heavy (non-hydrogen) atoms. The van der Waals surface area contributed by atoms with E-state index < -0.39 is 10.0 Å². The van der Waals surface area contributed by atoms with E-state index in [4.69, 9.17) is 0 Å². The van der Waals surface area contributed by atoms with Crippen LogP contribution in [0.15, 0.2) is 66.1 Å². The van der Waals surface area contributed by atoms with Crippen molar-refractivity contribution in [2.45, 2.75) is 25.7 Å². The molecule has 1 aliphatic heterocycles. The fourth-order valence-corrected chi connectivity index (χ4v) is 4.98. The number of sulfonamides is 1. The highest BCUT2D eigenvalue weighted by atomic mass is 32.2. The number of aryl methyl sites for hydroxylation is 1. The van der Waals surface area contributed by atoms with Crippen LogP contribution in [-0.4, -0.2) is 50.2 Å². The zero-order chi connectivity index (χ0) is 21.4. The molecule has 0 atom stereocenters. The summed E-state index contributed by atoms with van der Waals surface area (Å²) in [4.78, 5) is 14.6. The fraction of sp³-hybridized carbons (Fsp3) is 0.375. The van der Waals surface area contributed by atoms with Crippen LogP contribution < -0.4 is 0 Å². The predicted octanol–water partition coefficient (Wildman–Crippen LogP) is 3.79. The molecule has 1 saturated heterocycles. The molecule has 6 heteroatoms. The number of carbonyl (C=O) groups excluding carboxylic acids is 1. The van der Waals surface area contributed by atoms with Crippen LogP contribution >= 0.6 is 0 Å². The molecule has 160 valence electrons. The second-order valence-corrected chi connectivity index (χ2v) is 9.60. The topological polar surface area (TPSA) is 57.7 Å². The summed E-state index contributed by atoms with van der Waals surface area (Å²) in [5, 5.41) is 1.26. The number of amides is 1. The van der Waals surface area contributed by atoms with Gasteiger partial charge in [-0.3, -0.25) is 4.79 Å². The molecule has 2 aromatic rings. The molecular weight excluding hydrogens is 396 g/mol. The number of hydrogen-bond acceptors (Lipinski definition) is 3. The van der Waals surface area contributed by atoms with Crippen LogP contribution in [0.25, 0.3) is 6.08 Å². The molecule has 0 saturated carbocycles. The third kappa shape index (κ3) is 6.28. The summed E-state index contributed by atoms with van der Waals surface area (Å²) in [5.41, 5.74) is 2.13. The third-order valence-corrected chi connectivity index (χ3v) is 7.14. The van der Waals surface area contributed by atoms with E-state index in [1.54, 1.807) is 11.0 Å². The lowest BCUT2D eigenvalue weighted by Gasteiger charge is -2.32. The Morgan fingerprint density at radius 1 is 1.03 bits per heavy atom. The highest BCUT2D eigenvalue weighted by Gasteiger charge is 2.31. The molecule has 2 aromatic carbocycles. The normalized spacial score (nSPS) is 16.0. The first-order valence-corrected chi connectivity index (χ1v) is 12.0. The first-order chi connectivity index (χ1) is 14.5. The van der Waals surface area contributed by atoms with E-state index in [9.17, 15) is 13.2 Å². The molecule has 0 bridgehead atoms. The molecular formula is C24H30N2O3S. The largest absolute Gasteiger partial charge is 0.346 e. The van der Waals surface area contributed by atoms with Crippen molar-refractivity contribution in [2.24, 2.45) is 5.92 Å². The Labute approximate surface area is 180 Å². The van der Waals surface area contributed by atoms with Crippen molar-refractivity contribution >= 4 is 22.0 Å². The molecule has 5 nitrogen and oxygen atoms in total. The Bertz CT molecular complexity index is 935. The van der Waals surface area contributed by atoms with Gasteiger partial charge in [0.1, 0.15) is 0 Å². The van der Waals surface area contributed by atoms with Crippen LogP contribution in [0.2, 0.25) is 0 Å². The lowest BCUT2D eigenvalue weighted by Crippen LogP contribution is -2.43. The summed E-state index contributed by atoms with van der Waals surface area (Å²) in [6, 6.07) is 19.6. The van der Waals surface area contributed by atoms with Crippen molar-refractivity contribution in [1.82, 2.24) is 9.21 Å². The predicted molar refractivity (Wildman–Crippen MR) is 121 cm³/mol. The summed E-state index contributed by atoms with van der Waals surface area (Å²) < 4.78 is 26.7. The van der Waals surface area contributed by atoms with E-state index in [2.05, 4.69) is 12.1 Å². The van der Waals surface area contributed by atoms with E-state index in [0.29, 0.717) is 32.5 Å². The highest BCUT2D eigenvalue weighted by Crippen LogP contribution is 2.22. The average molecular weight is 427 g/mol. The summed E-state index contributed by atoms with van der Waals surface area (Å²) >= 11 is 0. The van der Waals surface area contributed by atoms with E-state index in [0.717, 1.165) is 18.4 Å². The van der Waals surface area contributed by atoms with Gasteiger partial charge in [0.05, 0.1) is 0 Å². The van der Waals surface area contributed by atoms with Crippen molar-refractivity contribution in [3.8, 4) is 0 Å². The minimum atomic E-state index is -3.47. The Balaban J connectivity index is 1.45. The molecule has 1 heterocycles. The smallest absolute Gasteiger partial charge is 0.236 e. The molecule has 0 spiro atoms. The van der Waals surface area contributed by atoms with Crippen molar-refractivity contribution in [3.05, 3.63) is 77.2 Å². The molecule has 0 radical (unpaired) electrons. The van der Waals surface area contributed by atoms with Gasteiger partial charge < -0.3 is 4.90 Å². The third-order valence-electron chi connectivity index (χ3n) is 5.57. The van der Waals surface area contributed by atoms with Crippen LogP contribution in [0.4, 0.5) is 0 Å². The van der Waals surface area contributed by atoms with Crippen molar-refractivity contribution in [2.75, 3.05) is 26.7 Å². The van der Waals surface area contributed by atoms with Gasteiger partial charge in [-0.15, -0.1) is 0 Å². The van der Waals surface area contributed by atoms with Gasteiger partial charge in [-0.05, 0) is 42.9 Å². The van der Waals surface area contributed by atoms with Crippen LogP contribution in [0.5, 0.6) is 0 Å². The summed E-state index contributed by atoms with van der Waals surface area (Å²) in [6.45, 7) is 1.48. The van der Waals surface area contributed by atoms with Crippen molar-refractivity contribution in [3.63, 3.8) is 0 Å². The number of nitrogens with zero attached hydrogens (tertiary/aromatic N) is 2. The molecule has 0 aliphatic carbocycles. The van der Waals surface area contributed by atoms with E-state index in [1.165, 1.54) is 15.3 Å². The van der Waals surface area contributed by atoms with Gasteiger partial charge in [0.15, 0.2) is 0 Å². The number of hydrogen-bond donors (Lipinski definition) is 0. The molecule has 0 aromatic heterocycles. The van der Waals surface area contributed by atoms with Gasteiger partial charge in [-0.25, -0.2) is 8.42 Å². The number of carbonyl (C=O) groups is 1. The van der Waals surface area contributed by atoms with Gasteiger partial charge >= 0.3 is 0 Å². The second-order valence-electron chi connectivity index (χ2n) is 7.78. The second kappa shape index (κ2) is 10.5. The zero-order valence-electron chi connectivity index (χ0n) is 17.5. The standard InChI is InChI=1S/C24H30N2O3S/c1-25(17-8-13-21-9-4-2-5-10-21)24(27)23-14-18-26(19-15-23)30(28,29)20-16-22-11-6-3-7-12-22/h2-7,9-12,16,20,23H,8,13-15,17-19H2,1H3/b20-16+. The zero-order valence-corrected chi connectivity index (χ0v) is 18.3. The van der Waals surface area contributed by atoms with E-state index in [-0.39, 0.29) is 11.8 Å². The summed E-state index contributed by atoms with van der Waals surface area (Å²) in [7, 11) is -1.62. The summed E-state index contributed by atoms with van der Waals surface area (Å²) in [6.07, 6.45) is 4.63. The molecule has 0 N–H and O–H groups in total. The minimum Gasteiger partial charge on any atom is -0.346 e. The van der Waals surface area contributed by atoms with Gasteiger partial charge in [-0.2, -0.15) is 4.31 Å². The molecule has 0 unspecified atom stereocenters. The highest BCUT2D eigenvalue weighted by molar-refractivity contribution is 7.92. The van der Waals surface area contributed by atoms with Gasteiger partial charge in [0.25, 0.3) is 0 Å². The maximum absolute atomic E-state index is 12.8. The van der Waals surface area contributed by atoms with Crippen molar-refractivity contribution < 1.29 is 13.2 Å². The molecule has 1 aliphatic rings. The molecule has 1 amide bonds. The first kappa shape index (κ1) is 22.2. The Kier molecular flexibility index (Phi) is 7.82. The van der Waals surface area contributed by atoms with Crippen LogP contribution in [-0.2, 0) is 21.2 Å². The monoisotopic (exact) mass is 426 g/mol. The van der Waals surface area contributed by atoms with Crippen molar-refractivity contribution in [1.29, 1.82) is 0 Å². The molecule has 3 rings (SSSR count). The Morgan fingerprint density at radius 2 is 1.63 bits per heavy atom. The van der Waals surface area contributed by atoms with Crippen LogP contribution in [0.1, 0.15) is 30.4 Å². The van der Waals surface area contributed by atoms with Crippen LogP contribution in [0, 0.1) is 5.92 Å². The SMILES string of the molecule is CN(CCCc1ccccc1)C(=O)C1CCN(S(=O)(=O)/C=C/c2ccccc2)CC1. The van der Waals surface area contributed by atoms with E-state index in [1.807, 2.05) is 55.6 Å². The van der Waals surface area contributed by atoms with Crippen LogP contribution in [0.3, 0.4) is 0 Å². The fourth-order valence-electron chi connectivity index (χ4n) is 3.76. The van der Waals surface area contributed by atoms with E-state index >= 15 is 0 Å². The minimum absolute atomic E-state index is 0.101. The Hall–Kier alpha value is -2.44.